The van der Waals surface area contributed by atoms with Crippen LogP contribution in [0.2, 0.25) is 0 Å². The van der Waals surface area contributed by atoms with Crippen molar-refractivity contribution in [3.8, 4) is 0 Å². The minimum atomic E-state index is -0.893. The van der Waals surface area contributed by atoms with Crippen LogP contribution in [0.3, 0.4) is 0 Å². The first-order valence-corrected chi connectivity index (χ1v) is 11.0. The first kappa shape index (κ1) is 19.8. The van der Waals surface area contributed by atoms with Crippen LogP contribution in [0.25, 0.3) is 0 Å². The van der Waals surface area contributed by atoms with E-state index in [4.69, 9.17) is 0 Å². The molecule has 31 heavy (non-hydrogen) atoms. The van der Waals surface area contributed by atoms with Gasteiger partial charge in [-0.3, -0.25) is 4.98 Å². The number of aromatic nitrogens is 1. The van der Waals surface area contributed by atoms with E-state index in [1.54, 1.807) is 12.3 Å². The molecule has 2 aromatic carbocycles. The van der Waals surface area contributed by atoms with Crippen molar-refractivity contribution in [2.45, 2.75) is 44.2 Å². The van der Waals surface area contributed by atoms with E-state index in [2.05, 4.69) is 64.7 Å². The number of anilines is 2. The second kappa shape index (κ2) is 8.16. The summed E-state index contributed by atoms with van der Waals surface area (Å²) >= 11 is 0. The predicted octanol–water partition coefficient (Wildman–Crippen LogP) is 5.20. The van der Waals surface area contributed by atoms with Crippen LogP contribution >= 0.6 is 0 Å². The molecule has 1 atom stereocenters. The summed E-state index contributed by atoms with van der Waals surface area (Å²) in [6.07, 6.45) is 7.39. The second-order valence-corrected chi connectivity index (χ2v) is 8.62. The summed E-state index contributed by atoms with van der Waals surface area (Å²) in [5.74, 6) is -0.115. The third-order valence-corrected chi connectivity index (χ3v) is 6.59. The summed E-state index contributed by atoms with van der Waals surface area (Å²) in [5.41, 5.74) is 7.59. The molecule has 0 unspecified atom stereocenters. The molecule has 0 spiro atoms. The Labute approximate surface area is 182 Å². The number of hydrogen-bond donors (Lipinski definition) is 2. The van der Waals surface area contributed by atoms with Crippen molar-refractivity contribution < 1.29 is 9.90 Å². The van der Waals surface area contributed by atoms with Gasteiger partial charge in [0, 0.05) is 43.4 Å². The lowest BCUT2D eigenvalue weighted by Gasteiger charge is -2.21. The van der Waals surface area contributed by atoms with E-state index >= 15 is 0 Å². The van der Waals surface area contributed by atoms with Crippen molar-refractivity contribution in [3.05, 3.63) is 88.7 Å². The van der Waals surface area contributed by atoms with E-state index in [1.165, 1.54) is 47.1 Å². The van der Waals surface area contributed by atoms with E-state index in [0.717, 1.165) is 24.4 Å². The van der Waals surface area contributed by atoms with Gasteiger partial charge < -0.3 is 15.3 Å². The van der Waals surface area contributed by atoms with Crippen molar-refractivity contribution >= 4 is 17.3 Å². The van der Waals surface area contributed by atoms with Crippen molar-refractivity contribution in [2.75, 3.05) is 11.9 Å². The summed E-state index contributed by atoms with van der Waals surface area (Å²) in [6.45, 7) is 0.834. The number of pyridine rings is 1. The smallest absolute Gasteiger partial charge is 0.336 e. The Hall–Kier alpha value is -3.18. The topological polar surface area (TPSA) is 65.5 Å². The molecule has 5 nitrogen and oxygen atoms in total. The highest BCUT2D eigenvalue weighted by Crippen LogP contribution is 2.41. The van der Waals surface area contributed by atoms with Gasteiger partial charge in [-0.05, 0) is 84.2 Å². The zero-order valence-corrected chi connectivity index (χ0v) is 17.7. The van der Waals surface area contributed by atoms with Gasteiger partial charge in [0.1, 0.15) is 0 Å². The molecule has 1 fully saturated rings. The molecule has 158 valence electrons. The SMILES string of the molecule is CN(c1ccc(C2CC2)cc1)c1ccc2c(c1)CN[C@H]2CCc1cnccc1C(=O)O. The number of aryl methyl sites for hydroxylation is 1. The number of hydrogen-bond acceptors (Lipinski definition) is 4. The molecule has 5 rings (SSSR count). The Bertz CT molecular complexity index is 1110. The number of fused-ring (bicyclic) bond motifs is 1. The van der Waals surface area contributed by atoms with Gasteiger partial charge in [0.25, 0.3) is 0 Å². The molecule has 1 aliphatic heterocycles. The monoisotopic (exact) mass is 413 g/mol. The third-order valence-electron chi connectivity index (χ3n) is 6.59. The third kappa shape index (κ3) is 4.06. The number of rotatable bonds is 7. The lowest BCUT2D eigenvalue weighted by Crippen LogP contribution is -2.14. The maximum atomic E-state index is 11.4. The van der Waals surface area contributed by atoms with E-state index in [-0.39, 0.29) is 6.04 Å². The summed E-state index contributed by atoms with van der Waals surface area (Å²) in [5, 5.41) is 13.0. The fraction of sp³-hybridized carbons (Fsp3) is 0.308. The number of benzene rings is 2. The number of carbonyl (C=O) groups is 1. The fourth-order valence-corrected chi connectivity index (χ4v) is 4.57. The highest BCUT2D eigenvalue weighted by molar-refractivity contribution is 5.89. The molecule has 0 radical (unpaired) electrons. The van der Waals surface area contributed by atoms with Crippen LogP contribution in [-0.2, 0) is 13.0 Å². The van der Waals surface area contributed by atoms with Gasteiger partial charge in [0.15, 0.2) is 0 Å². The zero-order valence-electron chi connectivity index (χ0n) is 17.7. The summed E-state index contributed by atoms with van der Waals surface area (Å²) in [4.78, 5) is 17.8. The molecule has 5 heteroatoms. The minimum Gasteiger partial charge on any atom is -0.478 e. The molecular formula is C26H27N3O2. The van der Waals surface area contributed by atoms with Crippen LogP contribution < -0.4 is 10.2 Å². The minimum absolute atomic E-state index is 0.231. The van der Waals surface area contributed by atoms with Crippen molar-refractivity contribution in [1.29, 1.82) is 0 Å². The molecule has 0 bridgehead atoms. The van der Waals surface area contributed by atoms with Crippen LogP contribution in [0.5, 0.6) is 0 Å². The van der Waals surface area contributed by atoms with E-state index < -0.39 is 5.97 Å². The predicted molar refractivity (Wildman–Crippen MR) is 122 cm³/mol. The molecule has 1 saturated carbocycles. The Balaban J connectivity index is 1.29. The number of aromatic carboxylic acids is 1. The largest absolute Gasteiger partial charge is 0.478 e. The van der Waals surface area contributed by atoms with Crippen molar-refractivity contribution in [1.82, 2.24) is 10.3 Å². The van der Waals surface area contributed by atoms with Gasteiger partial charge in [-0.2, -0.15) is 0 Å². The normalized spacial score (nSPS) is 17.4. The number of nitrogens with zero attached hydrogens (tertiary/aromatic N) is 2. The zero-order chi connectivity index (χ0) is 21.4. The van der Waals surface area contributed by atoms with Gasteiger partial charge >= 0.3 is 5.97 Å². The molecular weight excluding hydrogens is 386 g/mol. The Morgan fingerprint density at radius 3 is 2.65 bits per heavy atom. The van der Waals surface area contributed by atoms with Gasteiger partial charge in [0.05, 0.1) is 5.56 Å². The maximum absolute atomic E-state index is 11.4. The van der Waals surface area contributed by atoms with Gasteiger partial charge in [-0.15, -0.1) is 0 Å². The standard InChI is InChI=1S/C26H27N3O2/c1-29(21-7-4-18(5-8-21)17-2-3-17)22-9-10-23-20(14-22)16-28-25(23)11-6-19-15-27-13-12-24(19)26(30)31/h4-5,7-10,12-15,17,25,28H,2-3,6,11,16H2,1H3,(H,30,31)/t25-/m0/s1. The van der Waals surface area contributed by atoms with Gasteiger partial charge in [-0.1, -0.05) is 18.2 Å². The average Bonchev–Trinajstić information content (AvgIpc) is 3.57. The Morgan fingerprint density at radius 1 is 1.13 bits per heavy atom. The van der Waals surface area contributed by atoms with Gasteiger partial charge in [-0.25, -0.2) is 4.79 Å². The lowest BCUT2D eigenvalue weighted by molar-refractivity contribution is 0.0695. The highest BCUT2D eigenvalue weighted by Gasteiger charge is 2.24. The van der Waals surface area contributed by atoms with Crippen molar-refractivity contribution in [3.63, 3.8) is 0 Å². The number of carboxylic acids is 1. The number of nitrogens with one attached hydrogen (secondary N) is 1. The second-order valence-electron chi connectivity index (χ2n) is 8.62. The molecule has 1 aromatic heterocycles. The summed E-state index contributed by atoms with van der Waals surface area (Å²) in [7, 11) is 2.11. The number of carboxylic acid groups (broad SMARTS) is 1. The Morgan fingerprint density at radius 2 is 1.90 bits per heavy atom. The average molecular weight is 414 g/mol. The van der Waals surface area contributed by atoms with E-state index in [9.17, 15) is 9.90 Å². The Kier molecular flexibility index (Phi) is 5.20. The van der Waals surface area contributed by atoms with Crippen LogP contribution in [0.1, 0.15) is 63.8 Å². The van der Waals surface area contributed by atoms with Crippen LogP contribution in [0, 0.1) is 0 Å². The van der Waals surface area contributed by atoms with E-state index in [0.29, 0.717) is 12.0 Å². The fourth-order valence-electron chi connectivity index (χ4n) is 4.57. The molecule has 2 N–H and O–H groups in total. The molecule has 0 amide bonds. The van der Waals surface area contributed by atoms with Crippen LogP contribution in [0.4, 0.5) is 11.4 Å². The van der Waals surface area contributed by atoms with Crippen LogP contribution in [-0.4, -0.2) is 23.1 Å². The highest BCUT2D eigenvalue weighted by atomic mass is 16.4. The summed E-state index contributed by atoms with van der Waals surface area (Å²) < 4.78 is 0. The first-order valence-electron chi connectivity index (χ1n) is 11.0. The van der Waals surface area contributed by atoms with Gasteiger partial charge in [0.2, 0.25) is 0 Å². The molecule has 1 aliphatic carbocycles. The quantitative estimate of drug-likeness (QED) is 0.557. The lowest BCUT2D eigenvalue weighted by atomic mass is 9.97. The van der Waals surface area contributed by atoms with Crippen LogP contribution in [0.15, 0.2) is 60.9 Å². The molecule has 0 saturated heterocycles. The molecule has 3 aromatic rings. The molecule has 2 heterocycles. The summed E-state index contributed by atoms with van der Waals surface area (Å²) in [6, 6.07) is 17.4. The van der Waals surface area contributed by atoms with E-state index in [1.807, 2.05) is 0 Å². The maximum Gasteiger partial charge on any atom is 0.336 e. The van der Waals surface area contributed by atoms with Crippen molar-refractivity contribution in [2.24, 2.45) is 0 Å². The molecule has 2 aliphatic rings. The first-order chi connectivity index (χ1) is 15.1.